The molecule has 0 spiro atoms. The van der Waals surface area contributed by atoms with Gasteiger partial charge in [0.15, 0.2) is 5.69 Å². The molecular formula is C22H25F5N4O. The van der Waals surface area contributed by atoms with Gasteiger partial charge in [0.2, 0.25) is 11.8 Å². The molecule has 5 nitrogen and oxygen atoms in total. The molecule has 1 aliphatic carbocycles. The van der Waals surface area contributed by atoms with Crippen LogP contribution >= 0.6 is 0 Å². The van der Waals surface area contributed by atoms with Crippen molar-refractivity contribution in [2.24, 2.45) is 5.41 Å². The predicted octanol–water partition coefficient (Wildman–Crippen LogP) is 5.30. The first-order chi connectivity index (χ1) is 14.7. The normalized spacial score (nSPS) is 19.3. The Labute approximate surface area is 182 Å². The molecule has 0 bridgehead atoms. The molecule has 4 rings (SSSR count). The number of rotatable bonds is 4. The van der Waals surface area contributed by atoms with E-state index in [1.165, 1.54) is 4.68 Å². The average Bonchev–Trinajstić information content (AvgIpc) is 3.06. The van der Waals surface area contributed by atoms with E-state index in [1.807, 2.05) is 30.9 Å². The van der Waals surface area contributed by atoms with Gasteiger partial charge in [0.25, 0.3) is 0 Å². The Morgan fingerprint density at radius 3 is 2.31 bits per heavy atom. The molecule has 0 saturated heterocycles. The lowest BCUT2D eigenvalue weighted by Crippen LogP contribution is -2.45. The Bertz CT molecular complexity index is 1030. The molecule has 1 aliphatic heterocycles. The van der Waals surface area contributed by atoms with Crippen molar-refractivity contribution in [3.05, 3.63) is 40.7 Å². The number of nitrogens with zero attached hydrogens (tertiary/aromatic N) is 3. The zero-order valence-corrected chi connectivity index (χ0v) is 18.1. The summed E-state index contributed by atoms with van der Waals surface area (Å²) in [6, 6.07) is 4.82. The van der Waals surface area contributed by atoms with Crippen molar-refractivity contribution in [2.45, 2.75) is 65.2 Å². The van der Waals surface area contributed by atoms with Crippen LogP contribution in [-0.2, 0) is 24.1 Å². The lowest BCUT2D eigenvalue weighted by molar-refractivity contribution is -0.160. The molecular weight excluding hydrogens is 431 g/mol. The van der Waals surface area contributed by atoms with E-state index in [0.717, 1.165) is 22.9 Å². The standard InChI is InChI=1S/C22H25F5N4O/c1-13-6-15(30-4-5-31-16(10-30)8-17(29-31)22(25,26)27)7-14(2)19(13)28-18(32)9-20(3)11-21(23,24)12-20/h6-8H,4-5,9-12H2,1-3H3,(H,28,32). The van der Waals surface area contributed by atoms with Gasteiger partial charge in [-0.3, -0.25) is 9.48 Å². The van der Waals surface area contributed by atoms with Crippen LogP contribution in [0.5, 0.6) is 0 Å². The predicted molar refractivity (Wildman–Crippen MR) is 110 cm³/mol. The van der Waals surface area contributed by atoms with Crippen molar-refractivity contribution in [1.29, 1.82) is 0 Å². The average molecular weight is 456 g/mol. The summed E-state index contributed by atoms with van der Waals surface area (Å²) in [4.78, 5) is 14.4. The monoisotopic (exact) mass is 456 g/mol. The second-order valence-corrected chi connectivity index (χ2v) is 9.36. The third-order valence-electron chi connectivity index (χ3n) is 6.19. The van der Waals surface area contributed by atoms with Crippen LogP contribution in [0.15, 0.2) is 18.2 Å². The number of amides is 1. The summed E-state index contributed by atoms with van der Waals surface area (Å²) in [5, 5.41) is 6.51. The van der Waals surface area contributed by atoms with Crippen LogP contribution in [-0.4, -0.2) is 28.2 Å². The van der Waals surface area contributed by atoms with E-state index in [0.29, 0.717) is 31.0 Å². The van der Waals surface area contributed by atoms with Crippen LogP contribution in [0.1, 0.15) is 48.7 Å². The number of benzene rings is 1. The molecule has 1 saturated carbocycles. The fraction of sp³-hybridized carbons (Fsp3) is 0.545. The maximum absolute atomic E-state index is 13.2. The molecule has 1 aromatic carbocycles. The first-order valence-electron chi connectivity index (χ1n) is 10.4. The van der Waals surface area contributed by atoms with Gasteiger partial charge in [-0.2, -0.15) is 18.3 Å². The van der Waals surface area contributed by atoms with Gasteiger partial charge in [-0.15, -0.1) is 0 Å². The highest BCUT2D eigenvalue weighted by Crippen LogP contribution is 2.53. The Morgan fingerprint density at radius 1 is 1.12 bits per heavy atom. The highest BCUT2D eigenvalue weighted by atomic mass is 19.4. The second kappa shape index (κ2) is 7.45. The minimum Gasteiger partial charge on any atom is -0.364 e. The number of anilines is 2. The summed E-state index contributed by atoms with van der Waals surface area (Å²) in [6.45, 7) is 6.50. The second-order valence-electron chi connectivity index (χ2n) is 9.36. The molecule has 2 aromatic rings. The molecule has 2 aliphatic rings. The first-order valence-corrected chi connectivity index (χ1v) is 10.4. The Morgan fingerprint density at radius 2 is 1.75 bits per heavy atom. The lowest BCUT2D eigenvalue weighted by Gasteiger charge is -2.44. The molecule has 1 fully saturated rings. The van der Waals surface area contributed by atoms with Crippen LogP contribution in [0.2, 0.25) is 0 Å². The minimum absolute atomic E-state index is 0.0286. The summed E-state index contributed by atoms with van der Waals surface area (Å²) in [7, 11) is 0. The third kappa shape index (κ3) is 4.45. The number of carbonyl (C=O) groups is 1. The topological polar surface area (TPSA) is 50.2 Å². The molecule has 32 heavy (non-hydrogen) atoms. The highest BCUT2D eigenvalue weighted by Gasteiger charge is 2.54. The van der Waals surface area contributed by atoms with Gasteiger partial charge in [-0.05, 0) is 48.6 Å². The summed E-state index contributed by atoms with van der Waals surface area (Å²) in [5.41, 5.74) is 1.97. The number of fused-ring (bicyclic) bond motifs is 1. The number of aromatic nitrogens is 2. The smallest absolute Gasteiger partial charge is 0.364 e. The fourth-order valence-corrected chi connectivity index (χ4v) is 4.84. The Hall–Kier alpha value is -2.65. The molecule has 174 valence electrons. The van der Waals surface area contributed by atoms with Crippen LogP contribution < -0.4 is 10.2 Å². The van der Waals surface area contributed by atoms with E-state index >= 15 is 0 Å². The number of halogens is 5. The van der Waals surface area contributed by atoms with Crippen molar-refractivity contribution in [3.8, 4) is 0 Å². The van der Waals surface area contributed by atoms with Crippen molar-refractivity contribution < 1.29 is 26.7 Å². The third-order valence-corrected chi connectivity index (χ3v) is 6.19. The number of carbonyl (C=O) groups excluding carboxylic acids is 1. The van der Waals surface area contributed by atoms with Gasteiger partial charge in [0.1, 0.15) is 0 Å². The first kappa shape index (κ1) is 22.5. The van der Waals surface area contributed by atoms with Crippen LogP contribution in [0, 0.1) is 19.3 Å². The zero-order chi connectivity index (χ0) is 23.5. The van der Waals surface area contributed by atoms with Crippen molar-refractivity contribution in [2.75, 3.05) is 16.8 Å². The quantitative estimate of drug-likeness (QED) is 0.635. The summed E-state index contributed by atoms with van der Waals surface area (Å²) >= 11 is 0. The minimum atomic E-state index is -4.48. The largest absolute Gasteiger partial charge is 0.435 e. The fourth-order valence-electron chi connectivity index (χ4n) is 4.84. The SMILES string of the molecule is Cc1cc(N2CCn3nc(C(F)(F)F)cc3C2)cc(C)c1NC(=O)CC1(C)CC(F)(F)C1. The lowest BCUT2D eigenvalue weighted by atomic mass is 9.65. The van der Waals surface area contributed by atoms with Crippen LogP contribution in [0.4, 0.5) is 33.3 Å². The van der Waals surface area contributed by atoms with Crippen molar-refractivity contribution >= 4 is 17.3 Å². The summed E-state index contributed by atoms with van der Waals surface area (Å²) in [6.07, 6.45) is -5.02. The summed E-state index contributed by atoms with van der Waals surface area (Å²) < 4.78 is 66.7. The van der Waals surface area contributed by atoms with Crippen molar-refractivity contribution in [3.63, 3.8) is 0 Å². The van der Waals surface area contributed by atoms with E-state index in [2.05, 4.69) is 10.4 Å². The molecule has 0 unspecified atom stereocenters. The van der Waals surface area contributed by atoms with Crippen LogP contribution in [0.3, 0.4) is 0 Å². The van der Waals surface area contributed by atoms with E-state index in [9.17, 15) is 26.7 Å². The molecule has 1 N–H and O–H groups in total. The molecule has 1 aromatic heterocycles. The maximum Gasteiger partial charge on any atom is 0.435 e. The van der Waals surface area contributed by atoms with Crippen LogP contribution in [0.25, 0.3) is 0 Å². The van der Waals surface area contributed by atoms with E-state index in [4.69, 9.17) is 0 Å². The Kier molecular flexibility index (Phi) is 5.25. The van der Waals surface area contributed by atoms with Gasteiger partial charge in [-0.1, -0.05) is 6.92 Å². The van der Waals surface area contributed by atoms with E-state index < -0.39 is 23.2 Å². The molecule has 0 radical (unpaired) electrons. The number of nitrogens with one attached hydrogen (secondary N) is 1. The van der Waals surface area contributed by atoms with E-state index in [-0.39, 0.29) is 25.2 Å². The zero-order valence-electron chi connectivity index (χ0n) is 18.1. The Balaban J connectivity index is 1.46. The number of alkyl halides is 5. The van der Waals surface area contributed by atoms with E-state index in [1.54, 1.807) is 6.92 Å². The van der Waals surface area contributed by atoms with Gasteiger partial charge >= 0.3 is 6.18 Å². The molecule has 2 heterocycles. The maximum atomic E-state index is 13.2. The number of aryl methyl sites for hydroxylation is 2. The van der Waals surface area contributed by atoms with Gasteiger partial charge in [-0.25, -0.2) is 8.78 Å². The molecule has 0 atom stereocenters. The molecule has 10 heteroatoms. The summed E-state index contributed by atoms with van der Waals surface area (Å²) in [5.74, 6) is -2.99. The van der Waals surface area contributed by atoms with Gasteiger partial charge < -0.3 is 10.2 Å². The highest BCUT2D eigenvalue weighted by molar-refractivity contribution is 5.93. The van der Waals surface area contributed by atoms with Crippen molar-refractivity contribution in [1.82, 2.24) is 9.78 Å². The molecule has 1 amide bonds. The number of hydrogen-bond donors (Lipinski definition) is 1. The van der Waals surface area contributed by atoms with Gasteiger partial charge in [0.05, 0.1) is 18.8 Å². The number of hydrogen-bond acceptors (Lipinski definition) is 3. The van der Waals surface area contributed by atoms with Gasteiger partial charge in [0, 0.05) is 37.2 Å².